The van der Waals surface area contributed by atoms with Gasteiger partial charge >= 0.3 is 0 Å². The molecule has 3 aromatic rings. The third-order valence-corrected chi connectivity index (χ3v) is 5.99. The van der Waals surface area contributed by atoms with Crippen molar-refractivity contribution < 1.29 is 18.7 Å². The summed E-state index contributed by atoms with van der Waals surface area (Å²) in [4.78, 5) is 33.6. The summed E-state index contributed by atoms with van der Waals surface area (Å²) >= 11 is 11.9. The van der Waals surface area contributed by atoms with Crippen LogP contribution in [0.25, 0.3) is 0 Å². The Morgan fingerprint density at radius 3 is 2.62 bits per heavy atom. The van der Waals surface area contributed by atoms with E-state index in [0.717, 1.165) is 0 Å². The van der Waals surface area contributed by atoms with Crippen LogP contribution in [0.3, 0.4) is 0 Å². The number of ether oxygens (including phenoxy) is 1. The summed E-state index contributed by atoms with van der Waals surface area (Å²) in [5.74, 6) is -0.724. The number of anilines is 2. The molecule has 0 saturated carbocycles. The first kappa shape index (κ1) is 23.6. The van der Waals surface area contributed by atoms with Crippen molar-refractivity contribution in [3.63, 3.8) is 0 Å². The Balaban J connectivity index is 1.61. The zero-order valence-corrected chi connectivity index (χ0v) is 19.6. The predicted octanol–water partition coefficient (Wildman–Crippen LogP) is 4.41. The van der Waals surface area contributed by atoms with Gasteiger partial charge in [0.15, 0.2) is 5.11 Å². The molecule has 0 aliphatic carbocycles. The number of thiocarbonyl (C=S) groups is 1. The molecule has 1 fully saturated rings. The molecule has 1 aromatic heterocycles. The van der Waals surface area contributed by atoms with Gasteiger partial charge in [-0.25, -0.2) is 4.39 Å². The van der Waals surface area contributed by atoms with Gasteiger partial charge in [0.05, 0.1) is 36.5 Å². The first-order chi connectivity index (χ1) is 16.4. The number of halogens is 2. The summed E-state index contributed by atoms with van der Waals surface area (Å²) in [6.45, 7) is 0.236. The molecule has 2 amide bonds. The van der Waals surface area contributed by atoms with Gasteiger partial charge in [0.25, 0.3) is 5.91 Å². The Kier molecular flexibility index (Phi) is 7.04. The molecule has 0 radical (unpaired) electrons. The van der Waals surface area contributed by atoms with E-state index < -0.39 is 17.8 Å². The minimum Gasteiger partial charge on any atom is -0.495 e. The van der Waals surface area contributed by atoms with E-state index in [1.54, 1.807) is 35.4 Å². The number of methoxy groups -OCH3 is 1. The normalized spacial score (nSPS) is 15.6. The lowest BCUT2D eigenvalue weighted by Crippen LogP contribution is -2.37. The molecule has 1 aliphatic rings. The predicted molar refractivity (Wildman–Crippen MR) is 131 cm³/mol. The van der Waals surface area contributed by atoms with Crippen LogP contribution in [0.4, 0.5) is 15.8 Å². The van der Waals surface area contributed by atoms with Crippen molar-refractivity contribution in [1.82, 2.24) is 9.88 Å². The fraction of sp³-hybridized carbons (Fsp3) is 0.167. The summed E-state index contributed by atoms with van der Waals surface area (Å²) in [5, 5.41) is 3.25. The molecular weight excluding hydrogens is 479 g/mol. The van der Waals surface area contributed by atoms with Crippen molar-refractivity contribution in [2.75, 3.05) is 17.3 Å². The molecule has 1 saturated heterocycles. The standard InChI is InChI=1S/C24H20ClFN4O3S/c1-33-21-10-9-18(12-19(21)25)30-23(32)20(13-22(31)28-16-7-5-15(26)6-8-16)29(24(30)34)14-17-4-2-3-11-27-17/h2-12,20H,13-14H2,1H3,(H,28,31)/t20-/m1/s1. The molecule has 0 bridgehead atoms. The van der Waals surface area contributed by atoms with Crippen LogP contribution in [0.15, 0.2) is 66.9 Å². The Morgan fingerprint density at radius 1 is 1.21 bits per heavy atom. The molecule has 174 valence electrons. The molecule has 2 aromatic carbocycles. The number of hydrogen-bond donors (Lipinski definition) is 1. The van der Waals surface area contributed by atoms with E-state index in [1.807, 2.05) is 12.1 Å². The first-order valence-electron chi connectivity index (χ1n) is 10.3. The molecule has 0 spiro atoms. The summed E-state index contributed by atoms with van der Waals surface area (Å²) < 4.78 is 18.4. The number of nitrogens with one attached hydrogen (secondary N) is 1. The van der Waals surface area contributed by atoms with Crippen LogP contribution in [0.5, 0.6) is 5.75 Å². The van der Waals surface area contributed by atoms with Crippen molar-refractivity contribution in [2.45, 2.75) is 19.0 Å². The Labute approximate surface area is 206 Å². The number of amides is 2. The fourth-order valence-corrected chi connectivity index (χ4v) is 4.27. The molecule has 10 heteroatoms. The van der Waals surface area contributed by atoms with E-state index >= 15 is 0 Å². The molecule has 34 heavy (non-hydrogen) atoms. The maximum atomic E-state index is 13.5. The lowest BCUT2D eigenvalue weighted by molar-refractivity contribution is -0.124. The number of rotatable bonds is 7. The molecule has 1 N–H and O–H groups in total. The third kappa shape index (κ3) is 5.00. The molecule has 4 rings (SSSR count). The van der Waals surface area contributed by atoms with Crippen molar-refractivity contribution in [2.24, 2.45) is 0 Å². The maximum absolute atomic E-state index is 13.5. The van der Waals surface area contributed by atoms with Gasteiger partial charge in [-0.3, -0.25) is 19.5 Å². The number of nitrogens with zero attached hydrogens (tertiary/aromatic N) is 3. The van der Waals surface area contributed by atoms with Crippen LogP contribution in [-0.4, -0.2) is 40.0 Å². The Bertz CT molecular complexity index is 1230. The van der Waals surface area contributed by atoms with Gasteiger partial charge in [0.2, 0.25) is 5.91 Å². The van der Waals surface area contributed by atoms with E-state index in [0.29, 0.717) is 27.8 Å². The average Bonchev–Trinajstić information content (AvgIpc) is 3.05. The first-order valence-corrected chi connectivity index (χ1v) is 11.1. The molecule has 0 unspecified atom stereocenters. The maximum Gasteiger partial charge on any atom is 0.256 e. The summed E-state index contributed by atoms with van der Waals surface area (Å²) in [6.07, 6.45) is 1.48. The number of carbonyl (C=O) groups excluding carboxylic acids is 2. The molecular formula is C24H20ClFN4O3S. The third-order valence-electron chi connectivity index (χ3n) is 5.28. The summed E-state index contributed by atoms with van der Waals surface area (Å²) in [5.41, 5.74) is 1.58. The zero-order chi connectivity index (χ0) is 24.2. The van der Waals surface area contributed by atoms with E-state index in [-0.39, 0.29) is 24.0 Å². The van der Waals surface area contributed by atoms with Gasteiger partial charge in [-0.2, -0.15) is 0 Å². The second kappa shape index (κ2) is 10.1. The summed E-state index contributed by atoms with van der Waals surface area (Å²) in [7, 11) is 1.50. The largest absolute Gasteiger partial charge is 0.495 e. The molecule has 1 atom stereocenters. The molecule has 7 nitrogen and oxygen atoms in total. The highest BCUT2D eigenvalue weighted by Crippen LogP contribution is 2.33. The van der Waals surface area contributed by atoms with Gasteiger partial charge < -0.3 is 15.0 Å². The minimum absolute atomic E-state index is 0.163. The van der Waals surface area contributed by atoms with Gasteiger partial charge in [-0.1, -0.05) is 17.7 Å². The molecule has 1 aliphatic heterocycles. The van der Waals surface area contributed by atoms with Crippen molar-refractivity contribution >= 4 is 52.1 Å². The highest BCUT2D eigenvalue weighted by atomic mass is 35.5. The quantitative estimate of drug-likeness (QED) is 0.486. The van der Waals surface area contributed by atoms with Gasteiger partial charge in [-0.15, -0.1) is 0 Å². The summed E-state index contributed by atoms with van der Waals surface area (Å²) in [6, 6.07) is 14.9. The fourth-order valence-electron chi connectivity index (χ4n) is 3.63. The van der Waals surface area contributed by atoms with Crippen LogP contribution < -0.4 is 15.0 Å². The second-order valence-electron chi connectivity index (χ2n) is 7.50. The van der Waals surface area contributed by atoms with Gasteiger partial charge in [-0.05, 0) is 66.8 Å². The Hall–Kier alpha value is -3.56. The van der Waals surface area contributed by atoms with Crippen molar-refractivity contribution in [3.05, 3.63) is 83.4 Å². The lowest BCUT2D eigenvalue weighted by Gasteiger charge is -2.23. The Morgan fingerprint density at radius 2 is 1.97 bits per heavy atom. The van der Waals surface area contributed by atoms with Crippen LogP contribution in [0.1, 0.15) is 12.1 Å². The van der Waals surface area contributed by atoms with Crippen LogP contribution >= 0.6 is 23.8 Å². The number of carbonyl (C=O) groups is 2. The number of pyridine rings is 1. The minimum atomic E-state index is -0.865. The monoisotopic (exact) mass is 498 g/mol. The van der Waals surface area contributed by atoms with Crippen LogP contribution in [0, 0.1) is 5.82 Å². The van der Waals surface area contributed by atoms with Gasteiger partial charge in [0, 0.05) is 11.9 Å². The van der Waals surface area contributed by atoms with Crippen molar-refractivity contribution in [3.8, 4) is 5.75 Å². The van der Waals surface area contributed by atoms with Crippen molar-refractivity contribution in [1.29, 1.82) is 0 Å². The van der Waals surface area contributed by atoms with E-state index in [9.17, 15) is 14.0 Å². The highest BCUT2D eigenvalue weighted by molar-refractivity contribution is 7.80. The smallest absolute Gasteiger partial charge is 0.256 e. The number of hydrogen-bond acceptors (Lipinski definition) is 5. The van der Waals surface area contributed by atoms with E-state index in [1.165, 1.54) is 36.3 Å². The van der Waals surface area contributed by atoms with E-state index in [2.05, 4.69) is 10.3 Å². The van der Waals surface area contributed by atoms with Crippen LogP contribution in [-0.2, 0) is 16.1 Å². The zero-order valence-electron chi connectivity index (χ0n) is 18.1. The number of benzene rings is 2. The lowest BCUT2D eigenvalue weighted by atomic mass is 10.1. The topological polar surface area (TPSA) is 74.8 Å². The number of aromatic nitrogens is 1. The average molecular weight is 499 g/mol. The SMILES string of the molecule is COc1ccc(N2C(=O)[C@@H](CC(=O)Nc3ccc(F)cc3)N(Cc3ccccn3)C2=S)cc1Cl. The van der Waals surface area contributed by atoms with Gasteiger partial charge in [0.1, 0.15) is 17.6 Å². The van der Waals surface area contributed by atoms with Crippen LogP contribution in [0.2, 0.25) is 5.02 Å². The molecule has 2 heterocycles. The second-order valence-corrected chi connectivity index (χ2v) is 8.27. The van der Waals surface area contributed by atoms with E-state index in [4.69, 9.17) is 28.6 Å². The highest BCUT2D eigenvalue weighted by Gasteiger charge is 2.44.